The molecule has 1 aliphatic rings. The highest BCUT2D eigenvalue weighted by Gasteiger charge is 2.24. The topological polar surface area (TPSA) is 36.8 Å². The third kappa shape index (κ3) is 6.42. The second-order valence-electron chi connectivity index (χ2n) is 15.7. The zero-order valence-corrected chi connectivity index (χ0v) is 35.1. The van der Waals surface area contributed by atoms with Gasteiger partial charge in [-0.25, -0.2) is 9.98 Å². The summed E-state index contributed by atoms with van der Waals surface area (Å²) in [5, 5.41) is 8.85. The normalized spacial score (nSPS) is 14.0. The Kier molecular flexibility index (Phi) is 8.95. The minimum Gasteiger partial charge on any atom is -0.344 e. The molecule has 0 spiro atoms. The van der Waals surface area contributed by atoms with Gasteiger partial charge >= 0.3 is 0 Å². The Morgan fingerprint density at radius 3 is 1.68 bits per heavy atom. The maximum absolute atomic E-state index is 5.30. The summed E-state index contributed by atoms with van der Waals surface area (Å²) in [7, 11) is 0. The minimum absolute atomic E-state index is 0.353. The molecule has 12 rings (SSSR count). The van der Waals surface area contributed by atoms with Gasteiger partial charge in [0, 0.05) is 51.5 Å². The molecule has 292 valence electrons. The lowest BCUT2D eigenvalue weighted by molar-refractivity contribution is 0.675. The van der Waals surface area contributed by atoms with Gasteiger partial charge in [0.25, 0.3) is 0 Å². The summed E-state index contributed by atoms with van der Waals surface area (Å²) in [6.45, 7) is 0. The number of rotatable bonds is 7. The van der Waals surface area contributed by atoms with E-state index in [0.717, 1.165) is 22.5 Å². The fourth-order valence-corrected chi connectivity index (χ4v) is 11.3. The fourth-order valence-electron chi connectivity index (χ4n) is 9.04. The molecular weight excluding hydrogens is 791 g/mol. The molecule has 0 aliphatic carbocycles. The highest BCUT2D eigenvalue weighted by Crippen LogP contribution is 2.42. The number of hydrogen-bond donors (Lipinski definition) is 1. The molecule has 11 aromatic rings. The molecule has 3 heterocycles. The summed E-state index contributed by atoms with van der Waals surface area (Å²) < 4.78 is 5.07. The van der Waals surface area contributed by atoms with E-state index in [1.54, 1.807) is 0 Å². The van der Waals surface area contributed by atoms with Gasteiger partial charge in [0.1, 0.15) is 12.0 Å². The van der Waals surface area contributed by atoms with Crippen molar-refractivity contribution in [1.82, 2.24) is 5.32 Å². The fraction of sp³-hybridized carbons (Fsp3) is 0.0175. The van der Waals surface area contributed by atoms with E-state index in [4.69, 9.17) is 9.98 Å². The zero-order chi connectivity index (χ0) is 41.0. The van der Waals surface area contributed by atoms with Gasteiger partial charge < -0.3 is 5.32 Å². The number of fused-ring (bicyclic) bond motifs is 6. The van der Waals surface area contributed by atoms with E-state index in [1.165, 1.54) is 84.9 Å². The molecular formula is C57H37N3S2. The maximum atomic E-state index is 5.30. The van der Waals surface area contributed by atoms with Gasteiger partial charge in [-0.05, 0) is 92.5 Å². The van der Waals surface area contributed by atoms with Crippen molar-refractivity contribution in [1.29, 1.82) is 0 Å². The van der Waals surface area contributed by atoms with Crippen molar-refractivity contribution in [3.05, 3.63) is 229 Å². The van der Waals surface area contributed by atoms with Gasteiger partial charge in [-0.1, -0.05) is 170 Å². The van der Waals surface area contributed by atoms with Crippen molar-refractivity contribution < 1.29 is 0 Å². The van der Waals surface area contributed by atoms with Crippen molar-refractivity contribution in [3.8, 4) is 44.5 Å². The molecule has 9 aromatic carbocycles. The van der Waals surface area contributed by atoms with Crippen LogP contribution < -0.4 is 5.32 Å². The average molecular weight is 828 g/mol. The SMILES string of the molecule is c1ccc(C2=NC(c3cccc(-c4cccc5sc6ccccc6c45)c3)NC(c3cccc4sc5ccc(-c6cccc(-c7ccccc7-c7ccccc7)c6)cc5c34)=N2)cc1. The lowest BCUT2D eigenvalue weighted by Crippen LogP contribution is -2.33. The van der Waals surface area contributed by atoms with Gasteiger partial charge in [-0.3, -0.25) is 0 Å². The first kappa shape index (κ1) is 36.4. The van der Waals surface area contributed by atoms with Gasteiger partial charge in [0.2, 0.25) is 0 Å². The van der Waals surface area contributed by atoms with Crippen LogP contribution in [0.5, 0.6) is 0 Å². The second kappa shape index (κ2) is 15.2. The molecule has 2 aromatic heterocycles. The maximum Gasteiger partial charge on any atom is 0.159 e. The molecule has 0 bridgehead atoms. The standard InChI is InChI=1S/C57H37N3S2/c1-3-15-36(16-4-1)43-23-7-8-24-44(43)40-20-11-19-38(33-40)39-31-32-50-48(35-39)54-47(27-14-30-52(54)62-50)57-59-55(37-17-5-2-6-18-37)58-56(60-57)42-22-12-21-41(34-42)45-26-13-29-51-53(45)46-25-9-10-28-49(46)61-51/h1-35,56H,(H,58,59,60). The number of amidine groups is 2. The van der Waals surface area contributed by atoms with E-state index in [2.05, 4.69) is 212 Å². The predicted octanol–water partition coefficient (Wildman–Crippen LogP) is 15.6. The summed E-state index contributed by atoms with van der Waals surface area (Å²) in [4.78, 5) is 10.6. The molecule has 0 amide bonds. The Balaban J connectivity index is 0.957. The van der Waals surface area contributed by atoms with Gasteiger partial charge in [0.15, 0.2) is 5.84 Å². The minimum atomic E-state index is -0.353. The Morgan fingerprint density at radius 1 is 0.355 bits per heavy atom. The summed E-state index contributed by atoms with van der Waals surface area (Å²) >= 11 is 3.68. The van der Waals surface area contributed by atoms with E-state index in [0.29, 0.717) is 5.84 Å². The Bertz CT molecular complexity index is 3560. The molecule has 1 atom stereocenters. The average Bonchev–Trinajstić information content (AvgIpc) is 3.93. The molecule has 0 radical (unpaired) electrons. The van der Waals surface area contributed by atoms with Gasteiger partial charge in [-0.2, -0.15) is 0 Å². The third-order valence-corrected chi connectivity index (χ3v) is 14.2. The first-order chi connectivity index (χ1) is 30.7. The van der Waals surface area contributed by atoms with Crippen LogP contribution in [-0.4, -0.2) is 11.7 Å². The van der Waals surface area contributed by atoms with Gasteiger partial charge in [-0.15, -0.1) is 22.7 Å². The van der Waals surface area contributed by atoms with Crippen molar-refractivity contribution in [2.75, 3.05) is 0 Å². The highest BCUT2D eigenvalue weighted by molar-refractivity contribution is 7.26. The quantitative estimate of drug-likeness (QED) is 0.171. The second-order valence-corrected chi connectivity index (χ2v) is 17.9. The summed E-state index contributed by atoms with van der Waals surface area (Å²) in [6, 6.07) is 76.4. The summed E-state index contributed by atoms with van der Waals surface area (Å²) in [6.07, 6.45) is -0.353. The lowest BCUT2D eigenvalue weighted by atomic mass is 9.92. The van der Waals surface area contributed by atoms with Crippen LogP contribution in [0.2, 0.25) is 0 Å². The van der Waals surface area contributed by atoms with Crippen LogP contribution >= 0.6 is 22.7 Å². The largest absolute Gasteiger partial charge is 0.344 e. The van der Waals surface area contributed by atoms with Crippen LogP contribution in [0, 0.1) is 0 Å². The molecule has 5 heteroatoms. The summed E-state index contributed by atoms with van der Waals surface area (Å²) in [5.74, 6) is 1.53. The van der Waals surface area contributed by atoms with Crippen molar-refractivity contribution >= 4 is 74.7 Å². The smallest absolute Gasteiger partial charge is 0.159 e. The number of aliphatic imine (C=N–C) groups is 2. The molecule has 0 saturated heterocycles. The number of nitrogens with one attached hydrogen (secondary N) is 1. The van der Waals surface area contributed by atoms with E-state index in [1.807, 2.05) is 28.7 Å². The van der Waals surface area contributed by atoms with Crippen LogP contribution in [0.1, 0.15) is 22.9 Å². The first-order valence-electron chi connectivity index (χ1n) is 20.9. The first-order valence-corrected chi connectivity index (χ1v) is 22.6. The monoisotopic (exact) mass is 827 g/mol. The van der Waals surface area contributed by atoms with Crippen molar-refractivity contribution in [2.24, 2.45) is 9.98 Å². The van der Waals surface area contributed by atoms with Crippen LogP contribution in [-0.2, 0) is 0 Å². The zero-order valence-electron chi connectivity index (χ0n) is 33.5. The Labute approximate surface area is 367 Å². The molecule has 3 nitrogen and oxygen atoms in total. The number of thiophene rings is 2. The Hall–Kier alpha value is -7.44. The van der Waals surface area contributed by atoms with Crippen LogP contribution in [0.4, 0.5) is 0 Å². The molecule has 1 aliphatic heterocycles. The van der Waals surface area contributed by atoms with E-state index < -0.39 is 0 Å². The van der Waals surface area contributed by atoms with E-state index in [9.17, 15) is 0 Å². The molecule has 0 saturated carbocycles. The van der Waals surface area contributed by atoms with E-state index in [-0.39, 0.29) is 6.17 Å². The lowest BCUT2D eigenvalue weighted by Gasteiger charge is -2.24. The molecule has 1 N–H and O–H groups in total. The molecule has 0 fully saturated rings. The number of nitrogens with zero attached hydrogens (tertiary/aromatic N) is 2. The molecule has 1 unspecified atom stereocenters. The molecule has 62 heavy (non-hydrogen) atoms. The number of hydrogen-bond acceptors (Lipinski definition) is 5. The van der Waals surface area contributed by atoms with Crippen LogP contribution in [0.15, 0.2) is 222 Å². The van der Waals surface area contributed by atoms with E-state index >= 15 is 0 Å². The number of benzene rings is 9. The van der Waals surface area contributed by atoms with Crippen LogP contribution in [0.25, 0.3) is 84.9 Å². The Morgan fingerprint density at radius 2 is 0.887 bits per heavy atom. The summed E-state index contributed by atoms with van der Waals surface area (Å²) in [5.41, 5.74) is 12.8. The van der Waals surface area contributed by atoms with Crippen molar-refractivity contribution in [2.45, 2.75) is 6.17 Å². The highest BCUT2D eigenvalue weighted by atomic mass is 32.1. The van der Waals surface area contributed by atoms with Crippen molar-refractivity contribution in [3.63, 3.8) is 0 Å². The van der Waals surface area contributed by atoms with Gasteiger partial charge in [0.05, 0.1) is 0 Å². The predicted molar refractivity (Wildman–Crippen MR) is 266 cm³/mol. The van der Waals surface area contributed by atoms with Crippen LogP contribution in [0.3, 0.4) is 0 Å². The third-order valence-electron chi connectivity index (χ3n) is 12.0.